The van der Waals surface area contributed by atoms with Crippen molar-refractivity contribution < 1.29 is 4.79 Å². The molecule has 1 atom stereocenters. The number of amides is 1. The third-order valence-electron chi connectivity index (χ3n) is 4.94. The van der Waals surface area contributed by atoms with E-state index < -0.39 is 0 Å². The van der Waals surface area contributed by atoms with Crippen molar-refractivity contribution in [2.75, 3.05) is 17.7 Å². The molecule has 0 spiro atoms. The van der Waals surface area contributed by atoms with Crippen LogP contribution in [0.3, 0.4) is 0 Å². The average molecular weight is 416 g/mol. The topological polar surface area (TPSA) is 66.1 Å². The highest BCUT2D eigenvalue weighted by molar-refractivity contribution is 7.99. The monoisotopic (exact) mass is 415 g/mol. The zero-order valence-corrected chi connectivity index (χ0v) is 18.2. The van der Waals surface area contributed by atoms with Crippen LogP contribution in [0.25, 0.3) is 10.2 Å². The van der Waals surface area contributed by atoms with E-state index >= 15 is 0 Å². The molecule has 3 rings (SSSR count). The number of nitrogens with one attached hydrogen (secondary N) is 1. The highest BCUT2D eigenvalue weighted by Crippen LogP contribution is 2.30. The van der Waals surface area contributed by atoms with Crippen molar-refractivity contribution in [2.45, 2.75) is 38.8 Å². The maximum absolute atomic E-state index is 12.7. The summed E-state index contributed by atoms with van der Waals surface area (Å²) in [5.74, 6) is 0.694. The van der Waals surface area contributed by atoms with Gasteiger partial charge in [-0.25, -0.2) is 4.98 Å². The van der Waals surface area contributed by atoms with Crippen LogP contribution in [0.15, 0.2) is 40.3 Å². The van der Waals surface area contributed by atoms with Gasteiger partial charge in [0.05, 0.1) is 11.1 Å². The van der Waals surface area contributed by atoms with Crippen LogP contribution in [0, 0.1) is 12.8 Å². The van der Waals surface area contributed by atoms with Gasteiger partial charge in [0.15, 0.2) is 5.16 Å². The van der Waals surface area contributed by atoms with Crippen molar-refractivity contribution in [1.82, 2.24) is 9.97 Å². The Morgan fingerprint density at radius 3 is 2.71 bits per heavy atom. The number of rotatable bonds is 7. The minimum Gasteiger partial charge on any atom is -0.315 e. The summed E-state index contributed by atoms with van der Waals surface area (Å²) in [6.45, 7) is 6.41. The number of benzene rings is 1. The van der Waals surface area contributed by atoms with Gasteiger partial charge in [-0.2, -0.15) is 0 Å². The Morgan fingerprint density at radius 1 is 1.32 bits per heavy atom. The summed E-state index contributed by atoms with van der Waals surface area (Å²) in [4.78, 5) is 36.2. The highest BCUT2D eigenvalue weighted by Gasteiger charge is 2.18. The molecule has 148 valence electrons. The Hall–Kier alpha value is -2.12. The molecule has 1 aromatic carbocycles. The van der Waals surface area contributed by atoms with Crippen molar-refractivity contribution >= 4 is 44.9 Å². The lowest BCUT2D eigenvalue weighted by Gasteiger charge is -2.16. The van der Waals surface area contributed by atoms with Gasteiger partial charge in [-0.05, 0) is 37.0 Å². The number of para-hydroxylation sites is 1. The molecule has 1 amide bonds. The van der Waals surface area contributed by atoms with Gasteiger partial charge >= 0.3 is 0 Å². The van der Waals surface area contributed by atoms with Crippen LogP contribution < -0.4 is 10.5 Å². The van der Waals surface area contributed by atoms with Crippen LogP contribution in [-0.4, -0.2) is 28.7 Å². The van der Waals surface area contributed by atoms with E-state index in [1.54, 1.807) is 23.3 Å². The average Bonchev–Trinajstić information content (AvgIpc) is 3.01. The molecule has 0 aliphatic heterocycles. The number of carbonyl (C=O) groups is 1. The first-order valence-corrected chi connectivity index (χ1v) is 11.2. The van der Waals surface area contributed by atoms with E-state index in [0.717, 1.165) is 33.8 Å². The number of hydrogen-bond donors (Lipinski definition) is 1. The molecule has 2 heterocycles. The van der Waals surface area contributed by atoms with Gasteiger partial charge in [0, 0.05) is 17.6 Å². The SMILES string of the molecule is CC[C@H](C)Cc1c(C)sc2nc(SCC(=O)N(C)c3ccccc3)[nH]c(=O)c12. The maximum atomic E-state index is 12.7. The van der Waals surface area contributed by atoms with E-state index in [9.17, 15) is 9.59 Å². The summed E-state index contributed by atoms with van der Waals surface area (Å²) < 4.78 is 0. The number of nitrogens with zero attached hydrogens (tertiary/aromatic N) is 2. The Bertz CT molecular complexity index is 1030. The van der Waals surface area contributed by atoms with Crippen molar-refractivity contribution in [3.8, 4) is 0 Å². The minimum absolute atomic E-state index is 0.0428. The summed E-state index contributed by atoms with van der Waals surface area (Å²) in [6, 6.07) is 9.49. The number of carbonyl (C=O) groups excluding carboxylic acids is 1. The third-order valence-corrected chi connectivity index (χ3v) is 6.84. The second-order valence-electron chi connectivity index (χ2n) is 6.98. The number of aromatic nitrogens is 2. The standard InChI is InChI=1S/C21H25N3O2S2/c1-5-13(2)11-16-14(3)28-20-18(16)19(26)22-21(23-20)27-12-17(25)24(4)15-9-7-6-8-10-15/h6-10,13H,5,11-12H2,1-4H3,(H,22,23,26)/t13-/m0/s1. The predicted octanol–water partition coefficient (Wildman–Crippen LogP) is 4.64. The zero-order valence-electron chi connectivity index (χ0n) is 16.6. The molecule has 0 fully saturated rings. The molecule has 7 heteroatoms. The number of aromatic amines is 1. The van der Waals surface area contributed by atoms with E-state index in [0.29, 0.717) is 16.5 Å². The molecule has 0 saturated heterocycles. The summed E-state index contributed by atoms with van der Waals surface area (Å²) in [5, 5.41) is 1.20. The number of anilines is 1. The van der Waals surface area contributed by atoms with Gasteiger partial charge in [0.2, 0.25) is 5.91 Å². The summed E-state index contributed by atoms with van der Waals surface area (Å²) in [7, 11) is 1.75. The van der Waals surface area contributed by atoms with E-state index in [4.69, 9.17) is 0 Å². The molecular weight excluding hydrogens is 390 g/mol. The Balaban J connectivity index is 1.78. The number of H-pyrrole nitrogens is 1. The van der Waals surface area contributed by atoms with Crippen LogP contribution in [0.5, 0.6) is 0 Å². The van der Waals surface area contributed by atoms with Crippen LogP contribution in [0.1, 0.15) is 30.7 Å². The lowest BCUT2D eigenvalue weighted by molar-refractivity contribution is -0.115. The van der Waals surface area contributed by atoms with Crippen LogP contribution in [0.4, 0.5) is 5.69 Å². The summed E-state index contributed by atoms with van der Waals surface area (Å²) in [5.41, 5.74) is 1.84. The van der Waals surface area contributed by atoms with Gasteiger partial charge in [0.25, 0.3) is 5.56 Å². The van der Waals surface area contributed by atoms with E-state index in [-0.39, 0.29) is 17.2 Å². The number of fused-ring (bicyclic) bond motifs is 1. The van der Waals surface area contributed by atoms with Crippen molar-refractivity contribution in [3.05, 3.63) is 51.1 Å². The molecule has 0 unspecified atom stereocenters. The molecular formula is C21H25N3O2S2. The molecule has 3 aromatic rings. The Morgan fingerprint density at radius 2 is 2.04 bits per heavy atom. The Kier molecular flexibility index (Phi) is 6.57. The fourth-order valence-corrected chi connectivity index (χ4v) is 4.87. The minimum atomic E-state index is -0.112. The molecule has 0 bridgehead atoms. The second-order valence-corrected chi connectivity index (χ2v) is 9.15. The lowest BCUT2D eigenvalue weighted by atomic mass is 9.98. The first-order chi connectivity index (χ1) is 13.4. The second kappa shape index (κ2) is 8.92. The summed E-state index contributed by atoms with van der Waals surface area (Å²) in [6.07, 6.45) is 1.97. The molecule has 0 aliphatic rings. The van der Waals surface area contributed by atoms with Crippen LogP contribution >= 0.6 is 23.1 Å². The summed E-state index contributed by atoms with van der Waals surface area (Å²) >= 11 is 2.82. The number of hydrogen-bond acceptors (Lipinski definition) is 5. The molecule has 0 saturated carbocycles. The van der Waals surface area contributed by atoms with E-state index in [1.165, 1.54) is 11.8 Å². The molecule has 0 radical (unpaired) electrons. The van der Waals surface area contributed by atoms with Crippen LogP contribution in [-0.2, 0) is 11.2 Å². The van der Waals surface area contributed by atoms with Gasteiger partial charge in [-0.3, -0.25) is 9.59 Å². The first-order valence-electron chi connectivity index (χ1n) is 9.37. The van der Waals surface area contributed by atoms with Gasteiger partial charge in [-0.1, -0.05) is 50.2 Å². The molecule has 2 aromatic heterocycles. The molecule has 1 N–H and O–H groups in total. The molecule has 28 heavy (non-hydrogen) atoms. The fourth-order valence-electron chi connectivity index (χ4n) is 2.98. The normalized spacial score (nSPS) is 12.3. The van der Waals surface area contributed by atoms with E-state index in [1.807, 2.05) is 30.3 Å². The fraction of sp³-hybridized carbons (Fsp3) is 0.381. The zero-order chi connectivity index (χ0) is 20.3. The largest absolute Gasteiger partial charge is 0.315 e. The van der Waals surface area contributed by atoms with Gasteiger partial charge in [0.1, 0.15) is 4.83 Å². The predicted molar refractivity (Wildman–Crippen MR) is 119 cm³/mol. The quantitative estimate of drug-likeness (QED) is 0.451. The van der Waals surface area contributed by atoms with Crippen molar-refractivity contribution in [2.24, 2.45) is 5.92 Å². The molecule has 0 aliphatic carbocycles. The Labute approximate surface area is 173 Å². The van der Waals surface area contributed by atoms with Gasteiger partial charge in [-0.15, -0.1) is 11.3 Å². The number of thioether (sulfide) groups is 1. The van der Waals surface area contributed by atoms with Gasteiger partial charge < -0.3 is 9.88 Å². The lowest BCUT2D eigenvalue weighted by Crippen LogP contribution is -2.28. The van der Waals surface area contributed by atoms with Crippen molar-refractivity contribution in [3.63, 3.8) is 0 Å². The van der Waals surface area contributed by atoms with Crippen LogP contribution in [0.2, 0.25) is 0 Å². The highest BCUT2D eigenvalue weighted by atomic mass is 32.2. The molecule has 5 nitrogen and oxygen atoms in total. The maximum Gasteiger partial charge on any atom is 0.260 e. The number of aryl methyl sites for hydroxylation is 1. The van der Waals surface area contributed by atoms with Crippen molar-refractivity contribution in [1.29, 1.82) is 0 Å². The smallest absolute Gasteiger partial charge is 0.260 e. The third kappa shape index (κ3) is 4.47. The first kappa shape index (κ1) is 20.6. The number of thiophene rings is 1. The van der Waals surface area contributed by atoms with E-state index in [2.05, 4.69) is 30.7 Å².